The molecular weight excluding hydrogens is 839 g/mol. The Morgan fingerprint density at radius 3 is 1.47 bits per heavy atom. The van der Waals surface area contributed by atoms with Gasteiger partial charge in [-0.15, -0.1) is 0 Å². The molecular formula is C54H55Cl2SiZr. The SMILES string of the molecule is CCC(C)C1=Cc2c(-c3cccc(C)c3C)cccc2[CH]1[Zr]([Cl])([Cl])([c]1cccc2c1[SiH2]c1ccccc1-2)[CH]1C(C(C)CC)=Cc2c(-c3cccc(C)c3C)cccc21. The van der Waals surface area contributed by atoms with E-state index < -0.39 is 25.9 Å². The van der Waals surface area contributed by atoms with Crippen LogP contribution >= 0.6 is 17.0 Å². The summed E-state index contributed by atoms with van der Waals surface area (Å²) in [5.41, 5.74) is 21.3. The predicted molar refractivity (Wildman–Crippen MR) is 254 cm³/mol. The molecule has 6 aromatic rings. The van der Waals surface area contributed by atoms with Crippen molar-refractivity contribution in [2.45, 2.75) is 75.5 Å². The third-order valence-corrected chi connectivity index (χ3v) is 37.4. The van der Waals surface area contributed by atoms with Crippen molar-refractivity contribution in [2.24, 2.45) is 11.8 Å². The van der Waals surface area contributed by atoms with Crippen LogP contribution in [-0.2, 0) is 16.4 Å². The van der Waals surface area contributed by atoms with Gasteiger partial charge in [0.25, 0.3) is 0 Å². The molecule has 0 nitrogen and oxygen atoms in total. The van der Waals surface area contributed by atoms with Crippen LogP contribution in [0.4, 0.5) is 0 Å². The molecule has 4 unspecified atom stereocenters. The van der Waals surface area contributed by atoms with Gasteiger partial charge in [0, 0.05) is 0 Å². The van der Waals surface area contributed by atoms with Gasteiger partial charge in [-0.05, 0) is 0 Å². The normalized spacial score (nSPS) is 18.8. The van der Waals surface area contributed by atoms with Crippen LogP contribution < -0.4 is 13.6 Å². The molecule has 0 amide bonds. The zero-order valence-corrected chi connectivity index (χ0v) is 40.7. The number of allylic oxidation sites excluding steroid dienone is 2. The van der Waals surface area contributed by atoms with Crippen LogP contribution in [-0.4, -0.2) is 9.52 Å². The molecule has 4 atom stereocenters. The van der Waals surface area contributed by atoms with Gasteiger partial charge in [0.05, 0.1) is 0 Å². The molecule has 0 bridgehead atoms. The summed E-state index contributed by atoms with van der Waals surface area (Å²) in [5.74, 6) is 0.609. The number of fused-ring (bicyclic) bond motifs is 5. The van der Waals surface area contributed by atoms with Crippen LogP contribution in [0.15, 0.2) is 126 Å². The molecule has 6 aromatic carbocycles. The summed E-state index contributed by atoms with van der Waals surface area (Å²) >= 11 is -5.68. The van der Waals surface area contributed by atoms with Crippen molar-refractivity contribution in [3.05, 3.63) is 171 Å². The Morgan fingerprint density at radius 2 is 0.948 bits per heavy atom. The van der Waals surface area contributed by atoms with Gasteiger partial charge in [0.15, 0.2) is 0 Å². The fraction of sp³-hybridized carbons (Fsp3) is 0.259. The van der Waals surface area contributed by atoms with Gasteiger partial charge in [-0.25, -0.2) is 0 Å². The third-order valence-electron chi connectivity index (χ3n) is 14.8. The Labute approximate surface area is 357 Å². The summed E-state index contributed by atoms with van der Waals surface area (Å²) in [7, 11) is 18.0. The summed E-state index contributed by atoms with van der Waals surface area (Å²) in [6, 6.07) is 43.6. The van der Waals surface area contributed by atoms with E-state index >= 15 is 0 Å². The molecule has 9 rings (SSSR count). The zero-order chi connectivity index (χ0) is 40.7. The van der Waals surface area contributed by atoms with E-state index in [9.17, 15) is 17.0 Å². The van der Waals surface area contributed by atoms with E-state index in [2.05, 4.69) is 183 Å². The number of aryl methyl sites for hydroxylation is 2. The Bertz CT molecular complexity index is 2580. The number of hydrogen-bond acceptors (Lipinski definition) is 0. The molecule has 0 aromatic heterocycles. The van der Waals surface area contributed by atoms with Gasteiger partial charge in [-0.2, -0.15) is 0 Å². The van der Waals surface area contributed by atoms with Gasteiger partial charge in [-0.1, -0.05) is 0 Å². The maximum atomic E-state index is 9.43. The van der Waals surface area contributed by atoms with E-state index in [1.165, 1.54) is 103 Å². The summed E-state index contributed by atoms with van der Waals surface area (Å²) in [5, 5.41) is 2.98. The monoisotopic (exact) mass is 891 g/mol. The summed E-state index contributed by atoms with van der Waals surface area (Å²) in [6.07, 6.45) is 7.14. The topological polar surface area (TPSA) is 0 Å². The minimum atomic E-state index is -5.68. The molecule has 0 fully saturated rings. The molecule has 0 N–H and O–H groups in total. The van der Waals surface area contributed by atoms with Crippen LogP contribution in [0.1, 0.15) is 92.3 Å². The summed E-state index contributed by atoms with van der Waals surface area (Å²) < 4.78 is 1.10. The predicted octanol–water partition coefficient (Wildman–Crippen LogP) is 13.3. The molecule has 2 aliphatic carbocycles. The van der Waals surface area contributed by atoms with Crippen LogP contribution in [0.2, 0.25) is 0 Å². The second-order valence-corrected chi connectivity index (χ2v) is 40.1. The van der Waals surface area contributed by atoms with Crippen LogP contribution in [0.25, 0.3) is 45.5 Å². The molecule has 1 heterocycles. The van der Waals surface area contributed by atoms with E-state index in [4.69, 9.17) is 0 Å². The molecule has 0 radical (unpaired) electrons. The van der Waals surface area contributed by atoms with E-state index in [1.54, 1.807) is 0 Å². The molecule has 3 aliphatic rings. The van der Waals surface area contributed by atoms with Crippen LogP contribution in [0.5, 0.6) is 0 Å². The van der Waals surface area contributed by atoms with E-state index in [-0.39, 0.29) is 7.25 Å². The molecule has 58 heavy (non-hydrogen) atoms. The summed E-state index contributed by atoms with van der Waals surface area (Å²) in [6.45, 7) is 18.5. The van der Waals surface area contributed by atoms with E-state index in [0.717, 1.165) is 12.8 Å². The second-order valence-electron chi connectivity index (χ2n) is 17.7. The van der Waals surface area contributed by atoms with Crippen molar-refractivity contribution in [1.29, 1.82) is 0 Å². The van der Waals surface area contributed by atoms with Crippen molar-refractivity contribution in [3.63, 3.8) is 0 Å². The van der Waals surface area contributed by atoms with Crippen LogP contribution in [0, 0.1) is 39.5 Å². The number of benzene rings is 6. The fourth-order valence-corrected chi connectivity index (χ4v) is 39.0. The van der Waals surface area contributed by atoms with Gasteiger partial charge in [0.1, 0.15) is 0 Å². The molecule has 293 valence electrons. The van der Waals surface area contributed by atoms with Crippen molar-refractivity contribution in [3.8, 4) is 33.4 Å². The van der Waals surface area contributed by atoms with Crippen molar-refractivity contribution < 1.29 is 16.4 Å². The molecule has 0 spiro atoms. The van der Waals surface area contributed by atoms with Crippen molar-refractivity contribution >= 4 is 52.3 Å². The zero-order valence-electron chi connectivity index (χ0n) is 35.3. The molecule has 0 saturated heterocycles. The van der Waals surface area contributed by atoms with Crippen LogP contribution in [0.3, 0.4) is 0 Å². The first-order chi connectivity index (χ1) is 27.9. The van der Waals surface area contributed by atoms with E-state index in [1.807, 2.05) is 0 Å². The fourth-order valence-electron chi connectivity index (χ4n) is 11.0. The van der Waals surface area contributed by atoms with Gasteiger partial charge in [-0.3, -0.25) is 0 Å². The maximum absolute atomic E-state index is 9.43. The van der Waals surface area contributed by atoms with Gasteiger partial charge >= 0.3 is 360 Å². The number of halogens is 2. The molecule has 0 saturated carbocycles. The van der Waals surface area contributed by atoms with Crippen molar-refractivity contribution in [1.82, 2.24) is 0 Å². The summed E-state index contributed by atoms with van der Waals surface area (Å²) in [4.78, 5) is 0. The second kappa shape index (κ2) is 14.9. The Hall–Kier alpha value is -3.52. The quantitative estimate of drug-likeness (QED) is 0.127. The molecule has 1 aliphatic heterocycles. The van der Waals surface area contributed by atoms with E-state index in [0.29, 0.717) is 11.8 Å². The average molecular weight is 894 g/mol. The average Bonchev–Trinajstić information content (AvgIpc) is 3.95. The van der Waals surface area contributed by atoms with Gasteiger partial charge in [0.2, 0.25) is 0 Å². The first-order valence-corrected chi connectivity index (χ1v) is 33.3. The minimum absolute atomic E-state index is 0.100. The van der Waals surface area contributed by atoms with Crippen molar-refractivity contribution in [2.75, 3.05) is 0 Å². The Morgan fingerprint density at radius 1 is 0.517 bits per heavy atom. The third kappa shape index (κ3) is 5.90. The first-order valence-electron chi connectivity index (χ1n) is 21.5. The molecule has 4 heteroatoms. The first kappa shape index (κ1) is 39.9. The number of rotatable bonds is 9. The Kier molecular flexibility index (Phi) is 10.2. The Balaban J connectivity index is 1.40. The number of hydrogen-bond donors (Lipinski definition) is 0. The standard InChI is InChI=1S/2C21H23.C12H9Si.2ClH.Zr/c2*1-5-14(2)18-12-17-9-7-11-20(21(17)13-18)19-10-6-8-15(3)16(19)4;1-3-7-11-9(5-1)10-6-2-4-8-12(10)13-11;;;/h2*6-14H,5H2,1-4H3;1-7H,13H2;2*1H;/q;;;;;+2/p-2. The van der Waals surface area contributed by atoms with Gasteiger partial charge < -0.3 is 0 Å².